The summed E-state index contributed by atoms with van der Waals surface area (Å²) in [5, 5.41) is 0. The number of carbonyl (C=O) groups excluding carboxylic acids is 2. The molecule has 2 rings (SSSR count). The minimum absolute atomic E-state index is 0.372. The van der Waals surface area contributed by atoms with Gasteiger partial charge < -0.3 is 14.2 Å². The maximum atomic E-state index is 12.3. The van der Waals surface area contributed by atoms with Crippen LogP contribution in [-0.2, 0) is 4.74 Å². The first-order valence-electron chi connectivity index (χ1n) is 9.63. The van der Waals surface area contributed by atoms with Crippen molar-refractivity contribution in [1.29, 1.82) is 0 Å². The van der Waals surface area contributed by atoms with Gasteiger partial charge in [0.05, 0.1) is 13.2 Å². The summed E-state index contributed by atoms with van der Waals surface area (Å²) in [7, 11) is 0. The van der Waals surface area contributed by atoms with Gasteiger partial charge in [-0.3, -0.25) is 20.4 Å². The van der Waals surface area contributed by atoms with Crippen molar-refractivity contribution in [2.24, 2.45) is 5.92 Å². The second-order valence-electron chi connectivity index (χ2n) is 6.71. The molecule has 2 aromatic rings. The number of rotatable bonds is 10. The van der Waals surface area contributed by atoms with Gasteiger partial charge >= 0.3 is 0 Å². The summed E-state index contributed by atoms with van der Waals surface area (Å²) < 4.78 is 16.3. The number of ether oxygens (including phenoxy) is 3. The second-order valence-corrected chi connectivity index (χ2v) is 6.71. The second kappa shape index (κ2) is 11.7. The summed E-state index contributed by atoms with van der Waals surface area (Å²) in [6, 6.07) is 13.4. The summed E-state index contributed by atoms with van der Waals surface area (Å²) in [6.45, 7) is 8.14. The van der Waals surface area contributed by atoms with Gasteiger partial charge in [-0.2, -0.15) is 0 Å². The lowest BCUT2D eigenvalue weighted by molar-refractivity contribution is 0.0846. The molecule has 0 aliphatic rings. The van der Waals surface area contributed by atoms with Crippen LogP contribution in [0, 0.1) is 5.92 Å². The number of hydrogen-bond acceptors (Lipinski definition) is 5. The van der Waals surface area contributed by atoms with E-state index < -0.39 is 11.8 Å². The lowest BCUT2D eigenvalue weighted by Gasteiger charge is -2.11. The molecule has 0 aliphatic carbocycles. The van der Waals surface area contributed by atoms with Crippen molar-refractivity contribution in [1.82, 2.24) is 10.9 Å². The lowest BCUT2D eigenvalue weighted by atomic mass is 10.2. The van der Waals surface area contributed by atoms with E-state index in [1.165, 1.54) is 0 Å². The Balaban J connectivity index is 1.84. The fourth-order valence-electron chi connectivity index (χ4n) is 2.31. The molecule has 2 amide bonds. The highest BCUT2D eigenvalue weighted by Gasteiger charge is 2.10. The number of carbonyl (C=O) groups is 2. The molecule has 0 radical (unpaired) electrons. The van der Waals surface area contributed by atoms with E-state index in [-0.39, 0.29) is 0 Å². The fraction of sp³-hybridized carbons (Fsp3) is 0.364. The van der Waals surface area contributed by atoms with Gasteiger partial charge in [-0.05, 0) is 55.3 Å². The number of nitrogens with one attached hydrogen (secondary N) is 2. The van der Waals surface area contributed by atoms with Gasteiger partial charge in [0.25, 0.3) is 11.8 Å². The molecule has 156 valence electrons. The molecule has 0 saturated carbocycles. The van der Waals surface area contributed by atoms with Crippen LogP contribution in [0.1, 0.15) is 41.5 Å². The highest BCUT2D eigenvalue weighted by molar-refractivity contribution is 5.99. The number of amides is 2. The van der Waals surface area contributed by atoms with E-state index >= 15 is 0 Å². The average molecular weight is 400 g/mol. The topological polar surface area (TPSA) is 85.9 Å². The molecule has 2 N–H and O–H groups in total. The van der Waals surface area contributed by atoms with Gasteiger partial charge in [-0.15, -0.1) is 0 Å². The van der Waals surface area contributed by atoms with Crippen LogP contribution >= 0.6 is 0 Å². The molecule has 0 heterocycles. The molecule has 0 unspecified atom stereocenters. The Hall–Kier alpha value is -3.06. The van der Waals surface area contributed by atoms with E-state index in [0.717, 1.165) is 0 Å². The van der Waals surface area contributed by atoms with Gasteiger partial charge in [0.2, 0.25) is 0 Å². The summed E-state index contributed by atoms with van der Waals surface area (Å²) in [5.74, 6) is 0.811. The molecular weight excluding hydrogens is 372 g/mol. The first kappa shape index (κ1) is 22.2. The van der Waals surface area contributed by atoms with Crippen LogP contribution in [0.15, 0.2) is 48.5 Å². The maximum Gasteiger partial charge on any atom is 0.269 e. The van der Waals surface area contributed by atoms with E-state index in [1.54, 1.807) is 48.5 Å². The number of hydrazine groups is 1. The monoisotopic (exact) mass is 400 g/mol. The largest absolute Gasteiger partial charge is 0.493 e. The highest BCUT2D eigenvalue weighted by Crippen LogP contribution is 2.14. The Morgan fingerprint density at radius 3 is 2.21 bits per heavy atom. The van der Waals surface area contributed by atoms with Crippen LogP contribution in [-0.4, -0.2) is 38.2 Å². The number of hydrogen-bond donors (Lipinski definition) is 2. The minimum Gasteiger partial charge on any atom is -0.493 e. The molecule has 0 aliphatic heterocycles. The summed E-state index contributed by atoms with van der Waals surface area (Å²) in [5.41, 5.74) is 5.60. The van der Waals surface area contributed by atoms with Gasteiger partial charge in [0, 0.05) is 17.7 Å². The van der Waals surface area contributed by atoms with E-state index in [4.69, 9.17) is 14.2 Å². The molecule has 0 spiro atoms. The first-order chi connectivity index (χ1) is 14.0. The van der Waals surface area contributed by atoms with Crippen molar-refractivity contribution in [2.75, 3.05) is 26.4 Å². The Labute approximate surface area is 171 Å². The molecule has 7 heteroatoms. The van der Waals surface area contributed by atoms with Gasteiger partial charge in [0.15, 0.2) is 0 Å². The number of benzene rings is 2. The SMILES string of the molecule is CCOCCOc1cccc(C(=O)NNC(=O)c2ccc(OCC(C)C)cc2)c1. The predicted octanol–water partition coefficient (Wildman–Crippen LogP) is 3.21. The van der Waals surface area contributed by atoms with E-state index in [2.05, 4.69) is 24.7 Å². The zero-order chi connectivity index (χ0) is 21.1. The molecule has 0 saturated heterocycles. The zero-order valence-corrected chi connectivity index (χ0v) is 17.1. The van der Waals surface area contributed by atoms with Crippen molar-refractivity contribution in [3.05, 3.63) is 59.7 Å². The molecule has 0 bridgehead atoms. The first-order valence-corrected chi connectivity index (χ1v) is 9.63. The van der Waals surface area contributed by atoms with Crippen molar-refractivity contribution in [3.63, 3.8) is 0 Å². The van der Waals surface area contributed by atoms with E-state index in [9.17, 15) is 9.59 Å². The van der Waals surface area contributed by atoms with Crippen molar-refractivity contribution >= 4 is 11.8 Å². The van der Waals surface area contributed by atoms with E-state index in [1.807, 2.05) is 6.92 Å². The predicted molar refractivity (Wildman–Crippen MR) is 110 cm³/mol. The summed E-state index contributed by atoms with van der Waals surface area (Å²) in [6.07, 6.45) is 0. The van der Waals surface area contributed by atoms with Gasteiger partial charge in [-0.25, -0.2) is 0 Å². The smallest absolute Gasteiger partial charge is 0.269 e. The Bertz CT molecular complexity index is 790. The van der Waals surface area contributed by atoms with Crippen LogP contribution in [0.25, 0.3) is 0 Å². The van der Waals surface area contributed by atoms with Crippen LogP contribution in [0.3, 0.4) is 0 Å². The highest BCUT2D eigenvalue weighted by atomic mass is 16.5. The van der Waals surface area contributed by atoms with Crippen LogP contribution < -0.4 is 20.3 Å². The standard InChI is InChI=1S/C22H28N2O5/c1-4-27-12-13-28-20-7-5-6-18(14-20)22(26)24-23-21(25)17-8-10-19(11-9-17)29-15-16(2)3/h5-11,14,16H,4,12-13,15H2,1-3H3,(H,23,25)(H,24,26). The Kier molecular flexibility index (Phi) is 8.98. The molecule has 7 nitrogen and oxygen atoms in total. The molecule has 0 atom stereocenters. The normalized spacial score (nSPS) is 10.5. The third kappa shape index (κ3) is 7.83. The Morgan fingerprint density at radius 2 is 1.55 bits per heavy atom. The zero-order valence-electron chi connectivity index (χ0n) is 17.1. The Morgan fingerprint density at radius 1 is 0.862 bits per heavy atom. The fourth-order valence-corrected chi connectivity index (χ4v) is 2.31. The molecule has 0 aromatic heterocycles. The molecule has 2 aromatic carbocycles. The maximum absolute atomic E-state index is 12.3. The summed E-state index contributed by atoms with van der Waals surface area (Å²) in [4.78, 5) is 24.5. The van der Waals surface area contributed by atoms with Gasteiger partial charge in [0.1, 0.15) is 18.1 Å². The summed E-state index contributed by atoms with van der Waals surface area (Å²) >= 11 is 0. The van der Waals surface area contributed by atoms with E-state index in [0.29, 0.717) is 55.0 Å². The minimum atomic E-state index is -0.439. The van der Waals surface area contributed by atoms with Crippen LogP contribution in [0.5, 0.6) is 11.5 Å². The quantitative estimate of drug-likeness (QED) is 0.472. The third-order valence-corrected chi connectivity index (χ3v) is 3.79. The molecule has 29 heavy (non-hydrogen) atoms. The van der Waals surface area contributed by atoms with Crippen LogP contribution in [0.2, 0.25) is 0 Å². The van der Waals surface area contributed by atoms with Crippen molar-refractivity contribution in [3.8, 4) is 11.5 Å². The average Bonchev–Trinajstić information content (AvgIpc) is 2.74. The van der Waals surface area contributed by atoms with Crippen molar-refractivity contribution < 1.29 is 23.8 Å². The molecular formula is C22H28N2O5. The molecule has 0 fully saturated rings. The van der Waals surface area contributed by atoms with Gasteiger partial charge in [-0.1, -0.05) is 19.9 Å². The van der Waals surface area contributed by atoms with Crippen molar-refractivity contribution in [2.45, 2.75) is 20.8 Å². The third-order valence-electron chi connectivity index (χ3n) is 3.79. The van der Waals surface area contributed by atoms with Crippen LogP contribution in [0.4, 0.5) is 0 Å². The lowest BCUT2D eigenvalue weighted by Crippen LogP contribution is -2.41.